The van der Waals surface area contributed by atoms with Crippen LogP contribution in [0.5, 0.6) is 0 Å². The van der Waals surface area contributed by atoms with Crippen molar-refractivity contribution in [2.24, 2.45) is 0 Å². The zero-order valence-electron chi connectivity index (χ0n) is 10.6. The molecule has 2 atom stereocenters. The molecule has 1 nitrogen and oxygen atoms in total. The predicted octanol–water partition coefficient (Wildman–Crippen LogP) is 3.95. The minimum Gasteiger partial charge on any atom is -0.317 e. The lowest BCUT2D eigenvalue weighted by molar-refractivity contribution is -0.140. The lowest BCUT2D eigenvalue weighted by atomic mass is 9.93. The maximum absolute atomic E-state index is 13.1. The van der Waals surface area contributed by atoms with Gasteiger partial charge in [0.1, 0.15) is 5.82 Å². The molecule has 0 spiro atoms. The number of nitrogens with one attached hydrogen (secondary N) is 1. The van der Waals surface area contributed by atoms with Crippen LogP contribution in [-0.4, -0.2) is 13.1 Å². The summed E-state index contributed by atoms with van der Waals surface area (Å²) in [6.07, 6.45) is -3.95. The maximum Gasteiger partial charge on any atom is 0.419 e. The molecule has 0 radical (unpaired) electrons. The molecule has 0 saturated carbocycles. The Hall–Kier alpha value is -1.10. The standard InChI is InChI=1S/C13H17F4N/c1-8(6-9(2)18-3)10-4-5-12(14)11(7-10)13(15,16)17/h4-5,7-9,18H,6H2,1-3H3. The Bertz CT molecular complexity index is 400. The van der Waals surface area contributed by atoms with Crippen LogP contribution in [0, 0.1) is 5.82 Å². The van der Waals surface area contributed by atoms with E-state index >= 15 is 0 Å². The minimum atomic E-state index is -4.64. The lowest BCUT2D eigenvalue weighted by Crippen LogP contribution is -2.23. The summed E-state index contributed by atoms with van der Waals surface area (Å²) in [6.45, 7) is 3.78. The van der Waals surface area contributed by atoms with E-state index in [4.69, 9.17) is 0 Å². The summed E-state index contributed by atoms with van der Waals surface area (Å²) in [5.74, 6) is -1.28. The van der Waals surface area contributed by atoms with Crippen molar-refractivity contribution in [2.75, 3.05) is 7.05 Å². The van der Waals surface area contributed by atoms with Crippen molar-refractivity contribution in [1.82, 2.24) is 5.32 Å². The molecular weight excluding hydrogens is 246 g/mol. The van der Waals surface area contributed by atoms with Crippen molar-refractivity contribution in [3.05, 3.63) is 35.1 Å². The highest BCUT2D eigenvalue weighted by Crippen LogP contribution is 2.34. The van der Waals surface area contributed by atoms with Crippen LogP contribution in [0.25, 0.3) is 0 Å². The van der Waals surface area contributed by atoms with Crippen LogP contribution >= 0.6 is 0 Å². The van der Waals surface area contributed by atoms with E-state index in [1.165, 1.54) is 6.07 Å². The van der Waals surface area contributed by atoms with Gasteiger partial charge in [-0.15, -0.1) is 0 Å². The van der Waals surface area contributed by atoms with Gasteiger partial charge in [-0.3, -0.25) is 0 Å². The van der Waals surface area contributed by atoms with Gasteiger partial charge in [0.15, 0.2) is 0 Å². The fourth-order valence-electron chi connectivity index (χ4n) is 1.85. The zero-order valence-corrected chi connectivity index (χ0v) is 10.6. The SMILES string of the molecule is CNC(C)CC(C)c1ccc(F)c(C(F)(F)F)c1. The number of benzene rings is 1. The van der Waals surface area contributed by atoms with Gasteiger partial charge in [0, 0.05) is 6.04 Å². The van der Waals surface area contributed by atoms with Gasteiger partial charge in [-0.25, -0.2) is 4.39 Å². The summed E-state index contributed by atoms with van der Waals surface area (Å²) in [5.41, 5.74) is -0.685. The Kier molecular flexibility index (Phi) is 4.73. The summed E-state index contributed by atoms with van der Waals surface area (Å²) in [5, 5.41) is 3.03. The van der Waals surface area contributed by atoms with Crippen molar-refractivity contribution < 1.29 is 17.6 Å². The van der Waals surface area contributed by atoms with Crippen LogP contribution in [0.1, 0.15) is 37.3 Å². The number of alkyl halides is 3. The largest absolute Gasteiger partial charge is 0.419 e. The molecule has 5 heteroatoms. The summed E-state index contributed by atoms with van der Waals surface area (Å²) in [6, 6.07) is 3.40. The molecule has 0 fully saturated rings. The molecule has 1 N–H and O–H groups in total. The number of rotatable bonds is 4. The van der Waals surface area contributed by atoms with Crippen LogP contribution < -0.4 is 5.32 Å². The van der Waals surface area contributed by atoms with Crippen molar-refractivity contribution in [2.45, 2.75) is 38.4 Å². The zero-order chi connectivity index (χ0) is 13.9. The molecule has 18 heavy (non-hydrogen) atoms. The molecule has 0 saturated heterocycles. The second-order valence-electron chi connectivity index (χ2n) is 4.56. The van der Waals surface area contributed by atoms with Crippen molar-refractivity contribution in [1.29, 1.82) is 0 Å². The van der Waals surface area contributed by atoms with E-state index in [9.17, 15) is 17.6 Å². The van der Waals surface area contributed by atoms with Crippen LogP contribution in [0.15, 0.2) is 18.2 Å². The number of halogens is 4. The highest BCUT2D eigenvalue weighted by atomic mass is 19.4. The molecule has 2 unspecified atom stereocenters. The highest BCUT2D eigenvalue weighted by Gasteiger charge is 2.34. The molecule has 0 aromatic heterocycles. The van der Waals surface area contributed by atoms with Gasteiger partial charge in [-0.05, 0) is 44.0 Å². The average molecular weight is 263 g/mol. The molecule has 0 amide bonds. The topological polar surface area (TPSA) is 12.0 Å². The van der Waals surface area contributed by atoms with Crippen LogP contribution in [0.4, 0.5) is 17.6 Å². The van der Waals surface area contributed by atoms with E-state index in [0.717, 1.165) is 12.1 Å². The first-order valence-electron chi connectivity index (χ1n) is 5.79. The highest BCUT2D eigenvalue weighted by molar-refractivity contribution is 5.29. The van der Waals surface area contributed by atoms with Crippen LogP contribution in [0.3, 0.4) is 0 Å². The maximum atomic E-state index is 13.1. The van der Waals surface area contributed by atoms with Gasteiger partial charge in [0.25, 0.3) is 0 Å². The normalized spacial score (nSPS) is 15.5. The molecule has 0 bridgehead atoms. The monoisotopic (exact) mass is 263 g/mol. The van der Waals surface area contributed by atoms with Gasteiger partial charge in [-0.1, -0.05) is 13.0 Å². The summed E-state index contributed by atoms with van der Waals surface area (Å²) < 4.78 is 50.8. The first kappa shape index (κ1) is 15.0. The van der Waals surface area contributed by atoms with E-state index in [0.29, 0.717) is 12.0 Å². The van der Waals surface area contributed by atoms with E-state index in [1.54, 1.807) is 7.05 Å². The number of hydrogen-bond acceptors (Lipinski definition) is 1. The van der Waals surface area contributed by atoms with Gasteiger partial charge in [-0.2, -0.15) is 13.2 Å². The third-order valence-electron chi connectivity index (χ3n) is 3.06. The lowest BCUT2D eigenvalue weighted by Gasteiger charge is -2.18. The Balaban J connectivity index is 2.98. The molecule has 1 aromatic carbocycles. The first-order chi connectivity index (χ1) is 8.25. The van der Waals surface area contributed by atoms with Gasteiger partial charge in [0.2, 0.25) is 0 Å². The molecule has 0 aliphatic heterocycles. The Morgan fingerprint density at radius 3 is 2.33 bits per heavy atom. The Labute approximate surface area is 104 Å². The second kappa shape index (κ2) is 5.69. The fraction of sp³-hybridized carbons (Fsp3) is 0.538. The average Bonchev–Trinajstić information content (AvgIpc) is 2.27. The molecule has 0 heterocycles. The number of hydrogen-bond donors (Lipinski definition) is 1. The van der Waals surface area contributed by atoms with Crippen molar-refractivity contribution in [3.63, 3.8) is 0 Å². The van der Waals surface area contributed by atoms with Gasteiger partial charge >= 0.3 is 6.18 Å². The quantitative estimate of drug-likeness (QED) is 0.811. The molecule has 1 aromatic rings. The first-order valence-corrected chi connectivity index (χ1v) is 5.79. The Morgan fingerprint density at radius 1 is 1.22 bits per heavy atom. The molecule has 0 aliphatic carbocycles. The molecular formula is C13H17F4N. The predicted molar refractivity (Wildman–Crippen MR) is 63.0 cm³/mol. The summed E-state index contributed by atoms with van der Waals surface area (Å²) in [4.78, 5) is 0. The van der Waals surface area contributed by atoms with E-state index in [-0.39, 0.29) is 12.0 Å². The van der Waals surface area contributed by atoms with E-state index < -0.39 is 17.6 Å². The third kappa shape index (κ3) is 3.70. The van der Waals surface area contributed by atoms with Crippen molar-refractivity contribution in [3.8, 4) is 0 Å². The molecule has 102 valence electrons. The summed E-state index contributed by atoms with van der Waals surface area (Å²) in [7, 11) is 1.79. The Morgan fingerprint density at radius 2 is 1.83 bits per heavy atom. The smallest absolute Gasteiger partial charge is 0.317 e. The second-order valence-corrected chi connectivity index (χ2v) is 4.56. The molecule has 1 rings (SSSR count). The third-order valence-corrected chi connectivity index (χ3v) is 3.06. The van der Waals surface area contributed by atoms with Crippen LogP contribution in [0.2, 0.25) is 0 Å². The van der Waals surface area contributed by atoms with Crippen LogP contribution in [-0.2, 0) is 6.18 Å². The minimum absolute atomic E-state index is 0.0610. The van der Waals surface area contributed by atoms with Gasteiger partial charge in [0.05, 0.1) is 5.56 Å². The summed E-state index contributed by atoms with van der Waals surface area (Å²) >= 11 is 0. The van der Waals surface area contributed by atoms with E-state index in [1.807, 2.05) is 13.8 Å². The van der Waals surface area contributed by atoms with E-state index in [2.05, 4.69) is 5.32 Å². The fourth-order valence-corrected chi connectivity index (χ4v) is 1.85. The van der Waals surface area contributed by atoms with Crippen molar-refractivity contribution >= 4 is 0 Å². The molecule has 0 aliphatic rings. The van der Waals surface area contributed by atoms with Gasteiger partial charge < -0.3 is 5.32 Å².